The van der Waals surface area contributed by atoms with Crippen LogP contribution in [0.5, 0.6) is 0 Å². The Morgan fingerprint density at radius 1 is 0.792 bits per heavy atom. The van der Waals surface area contributed by atoms with Crippen LogP contribution in [-0.4, -0.2) is 6.21 Å². The molecule has 2 nitrogen and oxygen atoms in total. The minimum absolute atomic E-state index is 0.471. The topological polar surface area (TPSA) is 21.6 Å². The van der Waals surface area contributed by atoms with Gasteiger partial charge >= 0.3 is 0 Å². The van der Waals surface area contributed by atoms with E-state index in [2.05, 4.69) is 72.7 Å². The van der Waals surface area contributed by atoms with E-state index in [9.17, 15) is 0 Å². The molecule has 0 fully saturated rings. The summed E-state index contributed by atoms with van der Waals surface area (Å²) in [6, 6.07) is 27.1. The van der Waals surface area contributed by atoms with Crippen LogP contribution in [0.1, 0.15) is 23.6 Å². The number of hydrogen-bond acceptors (Lipinski definition) is 2. The summed E-state index contributed by atoms with van der Waals surface area (Å²) in [5.74, 6) is 0. The van der Waals surface area contributed by atoms with Crippen molar-refractivity contribution in [3.63, 3.8) is 0 Å². The number of nitrogens with zero attached hydrogens (tertiary/aromatic N) is 1. The van der Waals surface area contributed by atoms with E-state index in [1.807, 2.05) is 18.2 Å². The van der Waals surface area contributed by atoms with Crippen molar-refractivity contribution in [2.75, 3.05) is 0 Å². The van der Waals surface area contributed by atoms with Gasteiger partial charge < -0.3 is 4.84 Å². The summed E-state index contributed by atoms with van der Waals surface area (Å²) < 4.78 is 0. The predicted octanol–water partition coefficient (Wildman–Crippen LogP) is 5.47. The molecular formula is C22H21NO. The van der Waals surface area contributed by atoms with Gasteiger partial charge in [-0.2, -0.15) is 0 Å². The molecule has 0 aliphatic heterocycles. The largest absolute Gasteiger partial charge is 0.391 e. The van der Waals surface area contributed by atoms with Crippen LogP contribution >= 0.6 is 0 Å². The van der Waals surface area contributed by atoms with Crippen LogP contribution in [0.4, 0.5) is 0 Å². The smallest absolute Gasteiger partial charge is 0.142 e. The van der Waals surface area contributed by atoms with Gasteiger partial charge in [-0.05, 0) is 34.2 Å². The van der Waals surface area contributed by atoms with E-state index in [0.717, 1.165) is 17.5 Å². The standard InChI is InChI=1S/C22H21NO/c1-2-18-7-6-8-20(15-18)16-23-24-17-19-11-13-22(14-12-19)21-9-4-3-5-10-21/h3-16H,2,17H2,1H3. The summed E-state index contributed by atoms with van der Waals surface area (Å²) in [5.41, 5.74) is 5.90. The Kier molecular flexibility index (Phi) is 5.41. The van der Waals surface area contributed by atoms with Crippen molar-refractivity contribution in [1.82, 2.24) is 0 Å². The molecule has 0 aliphatic rings. The molecular weight excluding hydrogens is 294 g/mol. The summed E-state index contributed by atoms with van der Waals surface area (Å²) in [5, 5.41) is 4.07. The molecule has 0 unspecified atom stereocenters. The summed E-state index contributed by atoms with van der Waals surface area (Å²) in [4.78, 5) is 5.41. The Labute approximate surface area is 143 Å². The van der Waals surface area contributed by atoms with E-state index in [-0.39, 0.29) is 0 Å². The first-order valence-electron chi connectivity index (χ1n) is 8.24. The maximum atomic E-state index is 5.41. The Balaban J connectivity index is 1.56. The molecule has 3 aromatic rings. The average molecular weight is 315 g/mol. The Hall–Kier alpha value is -2.87. The quantitative estimate of drug-likeness (QED) is 0.437. The monoisotopic (exact) mass is 315 g/mol. The van der Waals surface area contributed by atoms with Crippen LogP contribution in [0, 0.1) is 0 Å². The maximum absolute atomic E-state index is 5.41. The van der Waals surface area contributed by atoms with Crippen LogP contribution in [-0.2, 0) is 17.9 Å². The van der Waals surface area contributed by atoms with Crippen molar-refractivity contribution in [3.8, 4) is 11.1 Å². The molecule has 0 saturated heterocycles. The summed E-state index contributed by atoms with van der Waals surface area (Å²) in [6.07, 6.45) is 2.79. The number of hydrogen-bond donors (Lipinski definition) is 0. The number of rotatable bonds is 6. The van der Waals surface area contributed by atoms with Crippen LogP contribution in [0.2, 0.25) is 0 Å². The van der Waals surface area contributed by atoms with Gasteiger partial charge in [-0.15, -0.1) is 0 Å². The third-order valence-electron chi connectivity index (χ3n) is 3.93. The van der Waals surface area contributed by atoms with E-state index >= 15 is 0 Å². The molecule has 3 aromatic carbocycles. The molecule has 0 bridgehead atoms. The molecule has 0 amide bonds. The highest BCUT2D eigenvalue weighted by molar-refractivity contribution is 5.79. The molecule has 0 saturated carbocycles. The van der Waals surface area contributed by atoms with Crippen LogP contribution in [0.3, 0.4) is 0 Å². The SMILES string of the molecule is CCc1cccc(C=NOCc2ccc(-c3ccccc3)cc2)c1. The van der Waals surface area contributed by atoms with Gasteiger partial charge in [-0.3, -0.25) is 0 Å². The molecule has 0 N–H and O–H groups in total. The number of aryl methyl sites for hydroxylation is 1. The number of oxime groups is 1. The van der Waals surface area contributed by atoms with E-state index in [0.29, 0.717) is 6.61 Å². The van der Waals surface area contributed by atoms with Crippen molar-refractivity contribution < 1.29 is 4.84 Å². The van der Waals surface area contributed by atoms with Gasteiger partial charge in [0.05, 0.1) is 6.21 Å². The van der Waals surface area contributed by atoms with Crippen molar-refractivity contribution in [2.24, 2.45) is 5.16 Å². The Bertz CT molecular complexity index is 792. The molecule has 2 heteroatoms. The van der Waals surface area contributed by atoms with Crippen LogP contribution < -0.4 is 0 Å². The average Bonchev–Trinajstić information content (AvgIpc) is 2.67. The van der Waals surface area contributed by atoms with Crippen molar-refractivity contribution in [1.29, 1.82) is 0 Å². The molecule has 3 rings (SSSR count). The zero-order chi connectivity index (χ0) is 16.6. The predicted molar refractivity (Wildman–Crippen MR) is 100 cm³/mol. The van der Waals surface area contributed by atoms with Crippen molar-refractivity contribution >= 4 is 6.21 Å². The van der Waals surface area contributed by atoms with Gasteiger partial charge in [-0.1, -0.05) is 90.9 Å². The minimum Gasteiger partial charge on any atom is -0.391 e. The molecule has 0 aliphatic carbocycles. The fourth-order valence-corrected chi connectivity index (χ4v) is 2.53. The van der Waals surface area contributed by atoms with Gasteiger partial charge in [0.15, 0.2) is 0 Å². The lowest BCUT2D eigenvalue weighted by Crippen LogP contribution is -1.89. The lowest BCUT2D eigenvalue weighted by atomic mass is 10.0. The summed E-state index contributed by atoms with van der Waals surface area (Å²) in [7, 11) is 0. The Morgan fingerprint density at radius 2 is 1.54 bits per heavy atom. The molecule has 0 spiro atoms. The molecule has 120 valence electrons. The maximum Gasteiger partial charge on any atom is 0.142 e. The normalized spacial score (nSPS) is 10.9. The lowest BCUT2D eigenvalue weighted by molar-refractivity contribution is 0.132. The number of benzene rings is 3. The molecule has 0 atom stereocenters. The fourth-order valence-electron chi connectivity index (χ4n) is 2.53. The summed E-state index contributed by atoms with van der Waals surface area (Å²) in [6.45, 7) is 2.62. The summed E-state index contributed by atoms with van der Waals surface area (Å²) >= 11 is 0. The molecule has 0 heterocycles. The van der Waals surface area contributed by atoms with Crippen LogP contribution in [0.15, 0.2) is 84.0 Å². The highest BCUT2D eigenvalue weighted by Gasteiger charge is 1.98. The third kappa shape index (κ3) is 4.32. The van der Waals surface area contributed by atoms with E-state index in [1.165, 1.54) is 16.7 Å². The van der Waals surface area contributed by atoms with Gasteiger partial charge in [0.2, 0.25) is 0 Å². The second-order valence-electron chi connectivity index (χ2n) is 5.67. The fraction of sp³-hybridized carbons (Fsp3) is 0.136. The zero-order valence-corrected chi connectivity index (χ0v) is 13.9. The zero-order valence-electron chi connectivity index (χ0n) is 13.9. The van der Waals surface area contributed by atoms with Gasteiger partial charge in [0.1, 0.15) is 6.61 Å². The minimum atomic E-state index is 0.471. The third-order valence-corrected chi connectivity index (χ3v) is 3.93. The van der Waals surface area contributed by atoms with Gasteiger partial charge in [0, 0.05) is 0 Å². The first-order valence-corrected chi connectivity index (χ1v) is 8.24. The molecule has 0 radical (unpaired) electrons. The van der Waals surface area contributed by atoms with E-state index in [1.54, 1.807) is 6.21 Å². The second-order valence-corrected chi connectivity index (χ2v) is 5.67. The molecule has 24 heavy (non-hydrogen) atoms. The van der Waals surface area contributed by atoms with E-state index in [4.69, 9.17) is 4.84 Å². The molecule has 0 aromatic heterocycles. The highest BCUT2D eigenvalue weighted by atomic mass is 16.6. The van der Waals surface area contributed by atoms with Gasteiger partial charge in [-0.25, -0.2) is 0 Å². The van der Waals surface area contributed by atoms with Crippen molar-refractivity contribution in [3.05, 3.63) is 95.6 Å². The first-order chi connectivity index (χ1) is 11.8. The second kappa shape index (κ2) is 8.11. The van der Waals surface area contributed by atoms with Crippen LogP contribution in [0.25, 0.3) is 11.1 Å². The Morgan fingerprint density at radius 3 is 2.29 bits per heavy atom. The van der Waals surface area contributed by atoms with Gasteiger partial charge in [0.25, 0.3) is 0 Å². The highest BCUT2D eigenvalue weighted by Crippen LogP contribution is 2.19. The van der Waals surface area contributed by atoms with E-state index < -0.39 is 0 Å². The van der Waals surface area contributed by atoms with Crippen molar-refractivity contribution in [2.45, 2.75) is 20.0 Å². The first kappa shape index (κ1) is 16.0. The lowest BCUT2D eigenvalue weighted by Gasteiger charge is -2.04.